The summed E-state index contributed by atoms with van der Waals surface area (Å²) in [6.07, 6.45) is 5.94. The van der Waals surface area contributed by atoms with E-state index in [9.17, 15) is 4.79 Å². The Kier molecular flexibility index (Phi) is 2.33. The molecule has 0 aliphatic carbocycles. The molecule has 0 aliphatic rings. The van der Waals surface area contributed by atoms with Gasteiger partial charge in [-0.1, -0.05) is 6.07 Å². The molecule has 0 saturated heterocycles. The summed E-state index contributed by atoms with van der Waals surface area (Å²) >= 11 is 0. The summed E-state index contributed by atoms with van der Waals surface area (Å²) in [5, 5.41) is 0. The van der Waals surface area contributed by atoms with Gasteiger partial charge in [-0.25, -0.2) is 4.98 Å². The summed E-state index contributed by atoms with van der Waals surface area (Å²) in [6.45, 7) is 0. The first-order chi connectivity index (χ1) is 8.74. The molecule has 0 amide bonds. The lowest BCUT2D eigenvalue weighted by molar-refractivity contribution is 1.14. The van der Waals surface area contributed by atoms with Gasteiger partial charge in [-0.2, -0.15) is 0 Å². The molecule has 0 spiro atoms. The molecule has 0 saturated carbocycles. The molecular formula is C12H11N5O. The predicted molar refractivity (Wildman–Crippen MR) is 68.2 cm³/mol. The predicted octanol–water partition coefficient (Wildman–Crippen LogP) is 0.819. The third kappa shape index (κ3) is 1.73. The van der Waals surface area contributed by atoms with Crippen LogP contribution in [0, 0.1) is 0 Å². The fourth-order valence-corrected chi connectivity index (χ4v) is 1.94. The second kappa shape index (κ2) is 3.99. The number of hydrogen-bond acceptors (Lipinski definition) is 4. The van der Waals surface area contributed by atoms with E-state index in [2.05, 4.69) is 19.9 Å². The van der Waals surface area contributed by atoms with Crippen molar-refractivity contribution in [2.75, 3.05) is 5.73 Å². The molecule has 6 nitrogen and oxygen atoms in total. The maximum absolute atomic E-state index is 11.6. The fourth-order valence-electron chi connectivity index (χ4n) is 1.94. The van der Waals surface area contributed by atoms with Crippen LogP contribution >= 0.6 is 0 Å². The number of aromatic nitrogens is 4. The van der Waals surface area contributed by atoms with Crippen molar-refractivity contribution in [2.45, 2.75) is 6.42 Å². The third-order valence-electron chi connectivity index (χ3n) is 2.75. The highest BCUT2D eigenvalue weighted by atomic mass is 16.1. The SMILES string of the molecule is N[14c]1nc2c(Cc3cccnc3)c[nH]c2c(=O)[nH]1. The monoisotopic (exact) mass is 243 g/mol. The Morgan fingerprint density at radius 1 is 1.44 bits per heavy atom. The van der Waals surface area contributed by atoms with Gasteiger partial charge >= 0.3 is 0 Å². The summed E-state index contributed by atoms with van der Waals surface area (Å²) in [5.74, 6) is 0.125. The molecule has 0 bridgehead atoms. The maximum atomic E-state index is 11.6. The standard InChI is InChI=1S/C12H11N5O/c13-12-16-9-8(4-7-2-1-3-14-5-7)6-15-10(9)11(18)17-12/h1-3,5-6,15H,4H2,(H3,13,16,17,18)/i12+2. The Morgan fingerprint density at radius 2 is 2.33 bits per heavy atom. The van der Waals surface area contributed by atoms with E-state index in [1.165, 1.54) is 0 Å². The average Bonchev–Trinajstić information content (AvgIpc) is 2.74. The first kappa shape index (κ1) is 10.5. The van der Waals surface area contributed by atoms with Crippen molar-refractivity contribution in [2.24, 2.45) is 0 Å². The topological polar surface area (TPSA) is 100 Å². The highest BCUT2D eigenvalue weighted by Crippen LogP contribution is 2.16. The first-order valence-electron chi connectivity index (χ1n) is 5.48. The molecule has 18 heavy (non-hydrogen) atoms. The van der Waals surface area contributed by atoms with Gasteiger partial charge in [0.1, 0.15) is 11.0 Å². The molecule has 3 heterocycles. The lowest BCUT2D eigenvalue weighted by Gasteiger charge is -1.99. The quantitative estimate of drug-likeness (QED) is 0.620. The van der Waals surface area contributed by atoms with Crippen molar-refractivity contribution in [1.82, 2.24) is 19.9 Å². The van der Waals surface area contributed by atoms with Crippen molar-refractivity contribution in [3.63, 3.8) is 0 Å². The molecule has 6 heteroatoms. The van der Waals surface area contributed by atoms with Crippen LogP contribution in [0.25, 0.3) is 11.0 Å². The van der Waals surface area contributed by atoms with Crippen LogP contribution in [0.1, 0.15) is 11.1 Å². The lowest BCUT2D eigenvalue weighted by atomic mass is 10.1. The van der Waals surface area contributed by atoms with Crippen LogP contribution < -0.4 is 11.3 Å². The number of pyridine rings is 1. The zero-order valence-corrected chi connectivity index (χ0v) is 9.47. The Labute approximate surface area is 102 Å². The van der Waals surface area contributed by atoms with Crippen molar-refractivity contribution in [3.05, 3.63) is 52.2 Å². The van der Waals surface area contributed by atoms with Gasteiger partial charge < -0.3 is 10.7 Å². The van der Waals surface area contributed by atoms with E-state index in [1.54, 1.807) is 18.6 Å². The van der Waals surface area contributed by atoms with Gasteiger partial charge in [0.15, 0.2) is 0 Å². The number of nitrogens with zero attached hydrogens (tertiary/aromatic N) is 2. The van der Waals surface area contributed by atoms with Crippen molar-refractivity contribution >= 4 is 17.0 Å². The van der Waals surface area contributed by atoms with E-state index in [4.69, 9.17) is 5.73 Å². The molecule has 0 radical (unpaired) electrons. The smallest absolute Gasteiger partial charge is 0.276 e. The Hall–Kier alpha value is -2.63. The van der Waals surface area contributed by atoms with Crippen LogP contribution in [0.15, 0.2) is 35.5 Å². The van der Waals surface area contributed by atoms with Crippen LogP contribution in [0.4, 0.5) is 5.95 Å². The summed E-state index contributed by atoms with van der Waals surface area (Å²) < 4.78 is 0. The number of rotatable bonds is 2. The molecule has 0 fully saturated rings. The molecule has 3 aromatic rings. The minimum Gasteiger partial charge on any atom is -0.369 e. The molecule has 4 N–H and O–H groups in total. The fraction of sp³-hybridized carbons (Fsp3) is 0.0833. The zero-order chi connectivity index (χ0) is 12.5. The second-order valence-corrected chi connectivity index (χ2v) is 4.03. The molecule has 0 aromatic carbocycles. The molecule has 90 valence electrons. The number of aromatic amines is 2. The summed E-state index contributed by atoms with van der Waals surface area (Å²) in [5.41, 5.74) is 8.34. The normalized spacial score (nSPS) is 10.9. The minimum atomic E-state index is -0.255. The van der Waals surface area contributed by atoms with E-state index in [-0.39, 0.29) is 11.5 Å². The molecule has 3 aromatic heterocycles. The molecule has 0 aliphatic heterocycles. The third-order valence-corrected chi connectivity index (χ3v) is 2.75. The summed E-state index contributed by atoms with van der Waals surface area (Å²) in [7, 11) is 0. The van der Waals surface area contributed by atoms with Crippen LogP contribution in [-0.2, 0) is 6.42 Å². The lowest BCUT2D eigenvalue weighted by Crippen LogP contribution is -2.11. The molecular weight excluding hydrogens is 232 g/mol. The van der Waals surface area contributed by atoms with Gasteiger partial charge in [-0.15, -0.1) is 0 Å². The van der Waals surface area contributed by atoms with Gasteiger partial charge in [0.25, 0.3) is 5.56 Å². The molecule has 0 unspecified atom stereocenters. The Balaban J connectivity index is 2.11. The van der Waals surface area contributed by atoms with E-state index in [1.807, 2.05) is 12.1 Å². The first-order valence-corrected chi connectivity index (χ1v) is 5.48. The van der Waals surface area contributed by atoms with Crippen molar-refractivity contribution < 1.29 is 0 Å². The second-order valence-electron chi connectivity index (χ2n) is 4.03. The van der Waals surface area contributed by atoms with E-state index < -0.39 is 0 Å². The number of anilines is 1. The minimum absolute atomic E-state index is 0.125. The van der Waals surface area contributed by atoms with E-state index >= 15 is 0 Å². The number of nitrogens with two attached hydrogens (primary N) is 1. The van der Waals surface area contributed by atoms with Crippen LogP contribution in [-0.4, -0.2) is 19.9 Å². The highest BCUT2D eigenvalue weighted by molar-refractivity contribution is 5.79. The number of nitrogen functional groups attached to an aromatic ring is 1. The maximum Gasteiger partial charge on any atom is 0.276 e. The molecule has 0 atom stereocenters. The van der Waals surface area contributed by atoms with Crippen LogP contribution in [0.3, 0.4) is 0 Å². The van der Waals surface area contributed by atoms with Gasteiger partial charge in [0.2, 0.25) is 5.95 Å². The van der Waals surface area contributed by atoms with Crippen molar-refractivity contribution in [3.8, 4) is 0 Å². The zero-order valence-electron chi connectivity index (χ0n) is 9.47. The number of fused-ring (bicyclic) bond motifs is 1. The Morgan fingerprint density at radius 3 is 3.11 bits per heavy atom. The number of nitrogens with one attached hydrogen (secondary N) is 2. The number of H-pyrrole nitrogens is 2. The van der Waals surface area contributed by atoms with Gasteiger partial charge in [0.05, 0.1) is 0 Å². The summed E-state index contributed by atoms with van der Waals surface area (Å²) in [6, 6.07) is 3.85. The van der Waals surface area contributed by atoms with Crippen LogP contribution in [0.5, 0.6) is 0 Å². The molecule has 3 rings (SSSR count). The average molecular weight is 243 g/mol. The van der Waals surface area contributed by atoms with Gasteiger partial charge in [-0.05, 0) is 11.6 Å². The highest BCUT2D eigenvalue weighted by Gasteiger charge is 2.09. The number of hydrogen-bond donors (Lipinski definition) is 3. The van der Waals surface area contributed by atoms with Gasteiger partial charge in [-0.3, -0.25) is 14.8 Å². The van der Waals surface area contributed by atoms with Crippen molar-refractivity contribution in [1.29, 1.82) is 0 Å². The van der Waals surface area contributed by atoms with Gasteiger partial charge in [0, 0.05) is 30.6 Å². The van der Waals surface area contributed by atoms with Crippen LogP contribution in [0.2, 0.25) is 0 Å². The van der Waals surface area contributed by atoms with E-state index in [0.29, 0.717) is 17.5 Å². The van der Waals surface area contributed by atoms with E-state index in [0.717, 1.165) is 11.1 Å². The largest absolute Gasteiger partial charge is 0.369 e. The summed E-state index contributed by atoms with van der Waals surface area (Å²) in [4.78, 5) is 25.2. The Bertz CT molecular complexity index is 744.